The molecule has 1 atom stereocenters. The molecule has 0 saturated carbocycles. The Kier molecular flexibility index (Phi) is 6.58. The first-order valence-electron chi connectivity index (χ1n) is 6.61. The number of rotatable bonds is 6. The van der Waals surface area contributed by atoms with E-state index in [9.17, 15) is 9.59 Å². The molecule has 2 amide bonds. The van der Waals surface area contributed by atoms with Crippen molar-refractivity contribution in [2.24, 2.45) is 0 Å². The molecule has 1 aliphatic heterocycles. The van der Waals surface area contributed by atoms with Crippen molar-refractivity contribution in [3.8, 4) is 0 Å². The lowest BCUT2D eigenvalue weighted by Gasteiger charge is -2.33. The summed E-state index contributed by atoms with van der Waals surface area (Å²) >= 11 is 0. The van der Waals surface area contributed by atoms with E-state index in [1.54, 1.807) is 4.90 Å². The summed E-state index contributed by atoms with van der Waals surface area (Å²) in [6.45, 7) is 7.30. The molecular weight excluding hydrogens is 250 g/mol. The van der Waals surface area contributed by atoms with E-state index in [1.165, 1.54) is 0 Å². The van der Waals surface area contributed by atoms with E-state index in [-0.39, 0.29) is 18.7 Å². The molecule has 19 heavy (non-hydrogen) atoms. The van der Waals surface area contributed by atoms with Gasteiger partial charge in [0.2, 0.25) is 0 Å². The molecule has 0 aliphatic carbocycles. The Morgan fingerprint density at radius 3 is 2.47 bits per heavy atom. The van der Waals surface area contributed by atoms with Crippen LogP contribution in [0.15, 0.2) is 0 Å². The molecule has 0 aromatic carbocycles. The number of aliphatic carboxylic acids is 1. The van der Waals surface area contributed by atoms with E-state index in [2.05, 4.69) is 5.32 Å². The van der Waals surface area contributed by atoms with E-state index in [0.717, 1.165) is 0 Å². The number of carbonyl (C=O) groups is 2. The first-order valence-corrected chi connectivity index (χ1v) is 6.61. The average molecular weight is 273 g/mol. The van der Waals surface area contributed by atoms with E-state index in [0.29, 0.717) is 39.3 Å². The average Bonchev–Trinajstić information content (AvgIpc) is 2.36. The van der Waals surface area contributed by atoms with Gasteiger partial charge in [0.1, 0.15) is 0 Å². The van der Waals surface area contributed by atoms with Gasteiger partial charge in [-0.2, -0.15) is 0 Å². The van der Waals surface area contributed by atoms with Crippen molar-refractivity contribution < 1.29 is 19.4 Å². The lowest BCUT2D eigenvalue weighted by Crippen LogP contribution is -2.53. The van der Waals surface area contributed by atoms with Crippen LogP contribution in [-0.4, -0.2) is 78.9 Å². The molecule has 110 valence electrons. The van der Waals surface area contributed by atoms with Gasteiger partial charge in [0.15, 0.2) is 0 Å². The summed E-state index contributed by atoms with van der Waals surface area (Å²) < 4.78 is 5.33. The van der Waals surface area contributed by atoms with Crippen LogP contribution in [0.2, 0.25) is 0 Å². The van der Waals surface area contributed by atoms with Crippen molar-refractivity contribution in [1.29, 1.82) is 0 Å². The first kappa shape index (κ1) is 15.7. The Hall–Kier alpha value is -1.34. The lowest BCUT2D eigenvalue weighted by molar-refractivity contribution is -0.138. The number of hydrogen-bond acceptors (Lipinski definition) is 4. The maximum absolute atomic E-state index is 11.9. The summed E-state index contributed by atoms with van der Waals surface area (Å²) in [7, 11) is 0. The molecule has 7 heteroatoms. The number of amides is 2. The van der Waals surface area contributed by atoms with Crippen LogP contribution in [0.4, 0.5) is 4.79 Å². The zero-order chi connectivity index (χ0) is 14.3. The fraction of sp³-hybridized carbons (Fsp3) is 0.833. The topological polar surface area (TPSA) is 82.1 Å². The summed E-state index contributed by atoms with van der Waals surface area (Å²) in [6.07, 6.45) is 0.00208. The zero-order valence-corrected chi connectivity index (χ0v) is 11.6. The summed E-state index contributed by atoms with van der Waals surface area (Å²) in [5, 5.41) is 11.5. The van der Waals surface area contributed by atoms with Crippen LogP contribution in [0.1, 0.15) is 13.8 Å². The minimum Gasteiger partial charge on any atom is -0.480 e. The number of piperazine rings is 1. The lowest BCUT2D eigenvalue weighted by atomic mass is 10.3. The van der Waals surface area contributed by atoms with Gasteiger partial charge in [0, 0.05) is 39.3 Å². The molecule has 2 N–H and O–H groups in total. The van der Waals surface area contributed by atoms with Gasteiger partial charge in [0.05, 0.1) is 12.6 Å². The van der Waals surface area contributed by atoms with Crippen LogP contribution in [0.5, 0.6) is 0 Å². The van der Waals surface area contributed by atoms with Gasteiger partial charge in [-0.15, -0.1) is 0 Å². The highest BCUT2D eigenvalue weighted by Crippen LogP contribution is 2.01. The molecule has 0 aromatic rings. The summed E-state index contributed by atoms with van der Waals surface area (Å²) in [5.74, 6) is -0.830. The molecule has 1 rings (SSSR count). The highest BCUT2D eigenvalue weighted by molar-refractivity contribution is 5.74. The maximum Gasteiger partial charge on any atom is 0.317 e. The molecular formula is C12H23N3O4. The van der Waals surface area contributed by atoms with Gasteiger partial charge in [-0.1, -0.05) is 0 Å². The first-order chi connectivity index (χ1) is 9.02. The quantitative estimate of drug-likeness (QED) is 0.702. The summed E-state index contributed by atoms with van der Waals surface area (Å²) in [4.78, 5) is 26.0. The second-order valence-electron chi connectivity index (χ2n) is 4.61. The largest absolute Gasteiger partial charge is 0.480 e. The number of ether oxygens (including phenoxy) is 1. The van der Waals surface area contributed by atoms with Crippen LogP contribution in [0.3, 0.4) is 0 Å². The molecule has 0 radical (unpaired) electrons. The van der Waals surface area contributed by atoms with Crippen molar-refractivity contribution in [2.45, 2.75) is 20.0 Å². The molecule has 7 nitrogen and oxygen atoms in total. The fourth-order valence-electron chi connectivity index (χ4n) is 1.99. The standard InChI is InChI=1S/C12H23N3O4/c1-3-19-10(2)8-13-12(18)15-6-4-14(5-7-15)9-11(16)17/h10H,3-9H2,1-2H3,(H,13,18)(H,16,17). The molecule has 0 spiro atoms. The van der Waals surface area contributed by atoms with E-state index in [4.69, 9.17) is 9.84 Å². The number of carbonyl (C=O) groups excluding carboxylic acids is 1. The second kappa shape index (κ2) is 7.96. The fourth-order valence-corrected chi connectivity index (χ4v) is 1.99. The Morgan fingerprint density at radius 1 is 1.32 bits per heavy atom. The molecule has 1 saturated heterocycles. The summed E-state index contributed by atoms with van der Waals surface area (Å²) in [6, 6.07) is -0.110. The van der Waals surface area contributed by atoms with Crippen molar-refractivity contribution >= 4 is 12.0 Å². The molecule has 1 heterocycles. The number of nitrogens with zero attached hydrogens (tertiary/aromatic N) is 2. The highest BCUT2D eigenvalue weighted by atomic mass is 16.5. The highest BCUT2D eigenvalue weighted by Gasteiger charge is 2.22. The van der Waals surface area contributed by atoms with Crippen molar-refractivity contribution in [1.82, 2.24) is 15.1 Å². The third-order valence-corrected chi connectivity index (χ3v) is 3.01. The van der Waals surface area contributed by atoms with Crippen molar-refractivity contribution in [3.63, 3.8) is 0 Å². The molecule has 0 aromatic heterocycles. The van der Waals surface area contributed by atoms with Crippen LogP contribution in [0, 0.1) is 0 Å². The number of urea groups is 1. The predicted molar refractivity (Wildman–Crippen MR) is 70.1 cm³/mol. The van der Waals surface area contributed by atoms with Gasteiger partial charge in [-0.25, -0.2) is 4.79 Å². The monoisotopic (exact) mass is 273 g/mol. The number of carboxylic acids is 1. The Bertz CT molecular complexity index is 303. The van der Waals surface area contributed by atoms with Gasteiger partial charge in [-0.05, 0) is 13.8 Å². The van der Waals surface area contributed by atoms with Crippen molar-refractivity contribution in [2.75, 3.05) is 45.9 Å². The normalized spacial score (nSPS) is 18.1. The van der Waals surface area contributed by atoms with Gasteiger partial charge >= 0.3 is 12.0 Å². The summed E-state index contributed by atoms with van der Waals surface area (Å²) in [5.41, 5.74) is 0. The molecule has 1 unspecified atom stereocenters. The number of carboxylic acid groups (broad SMARTS) is 1. The minimum atomic E-state index is -0.830. The third kappa shape index (κ3) is 5.89. The Balaban J connectivity index is 2.23. The maximum atomic E-state index is 11.9. The third-order valence-electron chi connectivity index (χ3n) is 3.01. The Labute approximate surface area is 113 Å². The van der Waals surface area contributed by atoms with E-state index in [1.807, 2.05) is 18.7 Å². The van der Waals surface area contributed by atoms with Gasteiger partial charge in [-0.3, -0.25) is 9.69 Å². The van der Waals surface area contributed by atoms with E-state index < -0.39 is 5.97 Å². The smallest absolute Gasteiger partial charge is 0.317 e. The predicted octanol–water partition coefficient (Wildman–Crippen LogP) is -0.177. The Morgan fingerprint density at radius 2 is 1.95 bits per heavy atom. The molecule has 1 aliphatic rings. The van der Waals surface area contributed by atoms with Crippen LogP contribution in [0.25, 0.3) is 0 Å². The van der Waals surface area contributed by atoms with Gasteiger partial charge < -0.3 is 20.1 Å². The zero-order valence-electron chi connectivity index (χ0n) is 11.6. The minimum absolute atomic E-state index is 0.00208. The van der Waals surface area contributed by atoms with Crippen LogP contribution >= 0.6 is 0 Å². The second-order valence-corrected chi connectivity index (χ2v) is 4.61. The molecule has 0 bridgehead atoms. The molecule has 1 fully saturated rings. The van der Waals surface area contributed by atoms with Crippen molar-refractivity contribution in [3.05, 3.63) is 0 Å². The SMILES string of the molecule is CCOC(C)CNC(=O)N1CCN(CC(=O)O)CC1. The van der Waals surface area contributed by atoms with Gasteiger partial charge in [0.25, 0.3) is 0 Å². The van der Waals surface area contributed by atoms with Crippen LogP contribution < -0.4 is 5.32 Å². The van der Waals surface area contributed by atoms with E-state index >= 15 is 0 Å². The number of nitrogens with one attached hydrogen (secondary N) is 1. The van der Waals surface area contributed by atoms with Crippen LogP contribution in [-0.2, 0) is 9.53 Å². The number of hydrogen-bond donors (Lipinski definition) is 2.